The van der Waals surface area contributed by atoms with Crippen LogP contribution in [0.5, 0.6) is 5.75 Å². The zero-order valence-corrected chi connectivity index (χ0v) is 11.4. The highest BCUT2D eigenvalue weighted by atomic mass is 32.2. The molecule has 0 saturated heterocycles. The first kappa shape index (κ1) is 15.9. The Morgan fingerprint density at radius 3 is 2.55 bits per heavy atom. The van der Waals surface area contributed by atoms with Crippen molar-refractivity contribution in [2.75, 3.05) is 13.7 Å². The second-order valence-electron chi connectivity index (χ2n) is 3.78. The molecule has 1 aromatic carbocycles. The second-order valence-corrected chi connectivity index (χ2v) is 5.31. The Morgan fingerprint density at radius 1 is 1.40 bits per heavy atom. The van der Waals surface area contributed by atoms with Crippen molar-refractivity contribution in [1.82, 2.24) is 5.32 Å². The number of rotatable bonds is 6. The number of carbonyl (C=O) groups excluding carboxylic acids is 1. The van der Waals surface area contributed by atoms with E-state index in [1.165, 1.54) is 19.2 Å². The van der Waals surface area contributed by atoms with E-state index in [0.717, 1.165) is 6.07 Å². The van der Waals surface area contributed by atoms with Gasteiger partial charge in [0, 0.05) is 7.05 Å². The van der Waals surface area contributed by atoms with Gasteiger partial charge in [0.25, 0.3) is 0 Å². The summed E-state index contributed by atoms with van der Waals surface area (Å²) in [5, 5.41) is 16.2. The first-order valence-corrected chi connectivity index (χ1v) is 7.04. The molecule has 0 unspecified atom stereocenters. The van der Waals surface area contributed by atoms with Crippen LogP contribution in [0.15, 0.2) is 23.1 Å². The molecule has 1 amide bonds. The average Bonchev–Trinajstić information content (AvgIpc) is 2.37. The van der Waals surface area contributed by atoms with E-state index >= 15 is 0 Å². The highest BCUT2D eigenvalue weighted by molar-refractivity contribution is 7.89. The summed E-state index contributed by atoms with van der Waals surface area (Å²) in [4.78, 5) is 21.4. The van der Waals surface area contributed by atoms with Gasteiger partial charge in [-0.25, -0.2) is 18.4 Å². The lowest BCUT2D eigenvalue weighted by molar-refractivity contribution is -0.121. The molecule has 0 aliphatic carbocycles. The molecule has 20 heavy (non-hydrogen) atoms. The minimum Gasteiger partial charge on any atom is -0.492 e. The molecule has 0 bridgehead atoms. The molecule has 0 aromatic heterocycles. The number of benzene rings is 1. The number of hydrogen-bond acceptors (Lipinski definition) is 5. The van der Waals surface area contributed by atoms with Gasteiger partial charge in [-0.2, -0.15) is 0 Å². The first-order chi connectivity index (χ1) is 9.25. The van der Waals surface area contributed by atoms with E-state index in [2.05, 4.69) is 5.32 Å². The lowest BCUT2D eigenvalue weighted by Gasteiger charge is -2.10. The van der Waals surface area contributed by atoms with Crippen LogP contribution in [-0.4, -0.2) is 39.1 Å². The van der Waals surface area contributed by atoms with Gasteiger partial charge >= 0.3 is 5.97 Å². The predicted octanol–water partition coefficient (Wildman–Crippen LogP) is -0.453. The third-order valence-corrected chi connectivity index (χ3v) is 3.29. The van der Waals surface area contributed by atoms with Crippen LogP contribution in [0.1, 0.15) is 16.8 Å². The summed E-state index contributed by atoms with van der Waals surface area (Å²) in [5.74, 6) is -1.66. The van der Waals surface area contributed by atoms with Crippen LogP contribution in [0, 0.1) is 0 Å². The van der Waals surface area contributed by atoms with Crippen molar-refractivity contribution in [2.24, 2.45) is 5.14 Å². The van der Waals surface area contributed by atoms with Gasteiger partial charge in [-0.15, -0.1) is 0 Å². The fraction of sp³-hybridized carbons (Fsp3) is 0.273. The van der Waals surface area contributed by atoms with Gasteiger partial charge in [-0.3, -0.25) is 4.79 Å². The zero-order valence-electron chi connectivity index (χ0n) is 10.6. The third-order valence-electron chi connectivity index (χ3n) is 2.36. The molecule has 1 rings (SSSR count). The number of ether oxygens (including phenoxy) is 1. The normalized spacial score (nSPS) is 10.9. The molecule has 0 spiro atoms. The summed E-state index contributed by atoms with van der Waals surface area (Å²) in [6.07, 6.45) is 0.0290. The number of sulfonamides is 1. The van der Waals surface area contributed by atoms with E-state index in [0.29, 0.717) is 0 Å². The van der Waals surface area contributed by atoms with E-state index in [9.17, 15) is 18.0 Å². The quantitative estimate of drug-likeness (QED) is 0.651. The van der Waals surface area contributed by atoms with E-state index in [4.69, 9.17) is 15.0 Å². The highest BCUT2D eigenvalue weighted by Gasteiger charge is 2.18. The van der Waals surface area contributed by atoms with Crippen LogP contribution >= 0.6 is 0 Å². The summed E-state index contributed by atoms with van der Waals surface area (Å²) >= 11 is 0. The molecular formula is C11H14N2O6S. The molecule has 4 N–H and O–H groups in total. The van der Waals surface area contributed by atoms with Gasteiger partial charge in [0.2, 0.25) is 15.9 Å². The van der Waals surface area contributed by atoms with Crippen molar-refractivity contribution < 1.29 is 27.9 Å². The maximum atomic E-state index is 11.4. The number of aromatic carboxylic acids is 1. The van der Waals surface area contributed by atoms with Crippen LogP contribution < -0.4 is 15.2 Å². The second kappa shape index (κ2) is 6.35. The molecule has 0 fully saturated rings. The monoisotopic (exact) mass is 302 g/mol. The zero-order chi connectivity index (χ0) is 15.3. The molecule has 0 radical (unpaired) electrons. The van der Waals surface area contributed by atoms with Crippen molar-refractivity contribution in [3.05, 3.63) is 23.8 Å². The van der Waals surface area contributed by atoms with E-state index in [-0.39, 0.29) is 30.2 Å². The summed E-state index contributed by atoms with van der Waals surface area (Å²) in [5.41, 5.74) is -0.229. The SMILES string of the molecule is CNC(=O)CCOc1ccc(C(=O)O)cc1S(N)(=O)=O. The largest absolute Gasteiger partial charge is 0.492 e. The fourth-order valence-electron chi connectivity index (χ4n) is 1.36. The molecule has 0 aliphatic rings. The van der Waals surface area contributed by atoms with Crippen molar-refractivity contribution in [1.29, 1.82) is 0 Å². The lowest BCUT2D eigenvalue weighted by atomic mass is 10.2. The smallest absolute Gasteiger partial charge is 0.335 e. The van der Waals surface area contributed by atoms with Gasteiger partial charge in [0.1, 0.15) is 10.6 Å². The minimum absolute atomic E-state index is 0.0290. The topological polar surface area (TPSA) is 136 Å². The van der Waals surface area contributed by atoms with Crippen LogP contribution in [-0.2, 0) is 14.8 Å². The van der Waals surface area contributed by atoms with Crippen molar-refractivity contribution in [2.45, 2.75) is 11.3 Å². The molecule has 110 valence electrons. The Kier molecular flexibility index (Phi) is 5.06. The number of primary sulfonamides is 1. The highest BCUT2D eigenvalue weighted by Crippen LogP contribution is 2.24. The molecule has 9 heteroatoms. The number of nitrogens with one attached hydrogen (secondary N) is 1. The lowest BCUT2D eigenvalue weighted by Crippen LogP contribution is -2.21. The minimum atomic E-state index is -4.13. The summed E-state index contributed by atoms with van der Waals surface area (Å²) in [6, 6.07) is 3.28. The maximum Gasteiger partial charge on any atom is 0.335 e. The number of amides is 1. The van der Waals surface area contributed by atoms with E-state index in [1.807, 2.05) is 0 Å². The number of nitrogens with two attached hydrogens (primary N) is 1. The Morgan fingerprint density at radius 2 is 2.05 bits per heavy atom. The molecular weight excluding hydrogens is 288 g/mol. The summed E-state index contributed by atoms with van der Waals surface area (Å²) < 4.78 is 28.0. The number of carbonyl (C=O) groups is 2. The Labute approximate surface area is 115 Å². The van der Waals surface area contributed by atoms with Crippen molar-refractivity contribution >= 4 is 21.9 Å². The van der Waals surface area contributed by atoms with E-state index in [1.54, 1.807) is 0 Å². The molecule has 8 nitrogen and oxygen atoms in total. The van der Waals surface area contributed by atoms with Gasteiger partial charge < -0.3 is 15.2 Å². The number of carboxylic acid groups (broad SMARTS) is 1. The Bertz CT molecular complexity index is 626. The third kappa shape index (κ3) is 4.21. The average molecular weight is 302 g/mol. The number of carboxylic acids is 1. The van der Waals surface area contributed by atoms with Gasteiger partial charge in [0.05, 0.1) is 18.6 Å². The predicted molar refractivity (Wildman–Crippen MR) is 69.0 cm³/mol. The van der Waals surface area contributed by atoms with Crippen molar-refractivity contribution in [3.8, 4) is 5.75 Å². The van der Waals surface area contributed by atoms with Crippen LogP contribution in [0.3, 0.4) is 0 Å². The van der Waals surface area contributed by atoms with Gasteiger partial charge in [-0.05, 0) is 18.2 Å². The van der Waals surface area contributed by atoms with Crippen molar-refractivity contribution in [3.63, 3.8) is 0 Å². The van der Waals surface area contributed by atoms with Crippen LogP contribution in [0.4, 0.5) is 0 Å². The van der Waals surface area contributed by atoms with Gasteiger partial charge in [0.15, 0.2) is 0 Å². The number of hydrogen-bond donors (Lipinski definition) is 3. The first-order valence-electron chi connectivity index (χ1n) is 5.49. The molecule has 0 atom stereocenters. The molecule has 0 heterocycles. The molecule has 0 saturated carbocycles. The molecule has 0 aliphatic heterocycles. The Hall–Kier alpha value is -2.13. The van der Waals surface area contributed by atoms with Crippen LogP contribution in [0.2, 0.25) is 0 Å². The fourth-order valence-corrected chi connectivity index (χ4v) is 2.06. The van der Waals surface area contributed by atoms with Gasteiger partial charge in [-0.1, -0.05) is 0 Å². The van der Waals surface area contributed by atoms with Crippen LogP contribution in [0.25, 0.3) is 0 Å². The Balaban J connectivity index is 3.01. The molecule has 1 aromatic rings. The summed E-state index contributed by atoms with van der Waals surface area (Å²) in [7, 11) is -2.68. The maximum absolute atomic E-state index is 11.4. The summed E-state index contributed by atoms with van der Waals surface area (Å²) in [6.45, 7) is -0.0609. The standard InChI is InChI=1S/C11H14N2O6S/c1-13-10(14)4-5-19-8-3-2-7(11(15)16)6-9(8)20(12,17)18/h2-3,6H,4-5H2,1H3,(H,13,14)(H,15,16)(H2,12,17,18). The van der Waals surface area contributed by atoms with E-state index < -0.39 is 20.9 Å².